The van der Waals surface area contributed by atoms with Crippen LogP contribution in [0.15, 0.2) is 18.2 Å². The van der Waals surface area contributed by atoms with Gasteiger partial charge in [-0.15, -0.1) is 0 Å². The van der Waals surface area contributed by atoms with Crippen molar-refractivity contribution in [2.75, 3.05) is 19.3 Å². The number of carbonyl (C=O) groups excluding carboxylic acids is 1. The molecule has 0 unspecified atom stereocenters. The molecule has 3 nitrogen and oxygen atoms in total. The smallest absolute Gasteiger partial charge is 0.164 e. The zero-order chi connectivity index (χ0) is 10.6. The van der Waals surface area contributed by atoms with E-state index in [4.69, 9.17) is 5.73 Å². The minimum Gasteiger partial charge on any atom is -0.398 e. The molecule has 0 spiro atoms. The van der Waals surface area contributed by atoms with Gasteiger partial charge in [0.05, 0.1) is 0 Å². The molecule has 0 aliphatic carbocycles. The topological polar surface area (TPSA) is 55.1 Å². The lowest BCUT2D eigenvalue weighted by atomic mass is 10.1. The normalized spacial score (nSPS) is 10.1. The predicted octanol–water partition coefficient (Wildman–Crippen LogP) is 1.37. The lowest BCUT2D eigenvalue weighted by Crippen LogP contribution is -2.13. The van der Waals surface area contributed by atoms with Gasteiger partial charge in [-0.1, -0.05) is 12.1 Å². The second-order valence-corrected chi connectivity index (χ2v) is 3.35. The lowest BCUT2D eigenvalue weighted by molar-refractivity contribution is 0.0983. The van der Waals surface area contributed by atoms with Crippen molar-refractivity contribution in [1.82, 2.24) is 5.32 Å². The minimum atomic E-state index is 0.131. The van der Waals surface area contributed by atoms with Gasteiger partial charge in [0.1, 0.15) is 0 Å². The van der Waals surface area contributed by atoms with Crippen LogP contribution in [0.1, 0.15) is 22.3 Å². The van der Waals surface area contributed by atoms with E-state index in [0.29, 0.717) is 24.2 Å². The summed E-state index contributed by atoms with van der Waals surface area (Å²) in [4.78, 5) is 11.6. The molecule has 1 aromatic carbocycles. The molecule has 76 valence electrons. The highest BCUT2D eigenvalue weighted by Gasteiger charge is 2.05. The quantitative estimate of drug-likeness (QED) is 0.559. The van der Waals surface area contributed by atoms with Crippen LogP contribution < -0.4 is 11.1 Å². The van der Waals surface area contributed by atoms with Crippen molar-refractivity contribution in [3.05, 3.63) is 29.3 Å². The van der Waals surface area contributed by atoms with E-state index in [1.54, 1.807) is 6.07 Å². The Morgan fingerprint density at radius 2 is 2.21 bits per heavy atom. The summed E-state index contributed by atoms with van der Waals surface area (Å²) >= 11 is 0. The van der Waals surface area contributed by atoms with E-state index in [1.807, 2.05) is 26.1 Å². The SMILES string of the molecule is CNCCC(=O)c1ccc(C)c(N)c1. The highest BCUT2D eigenvalue weighted by atomic mass is 16.1. The number of ketones is 1. The van der Waals surface area contributed by atoms with E-state index in [9.17, 15) is 4.79 Å². The Morgan fingerprint density at radius 1 is 1.50 bits per heavy atom. The first kappa shape index (κ1) is 10.7. The summed E-state index contributed by atoms with van der Waals surface area (Å²) in [5.41, 5.74) is 8.11. The van der Waals surface area contributed by atoms with Crippen LogP contribution in [0.25, 0.3) is 0 Å². The summed E-state index contributed by atoms with van der Waals surface area (Å²) in [7, 11) is 1.83. The number of nitrogens with two attached hydrogens (primary N) is 1. The van der Waals surface area contributed by atoms with Crippen molar-refractivity contribution in [1.29, 1.82) is 0 Å². The third kappa shape index (κ3) is 2.57. The summed E-state index contributed by atoms with van der Waals surface area (Å²) in [6.45, 7) is 2.63. The molecule has 0 atom stereocenters. The highest BCUT2D eigenvalue weighted by Crippen LogP contribution is 2.13. The predicted molar refractivity (Wildman–Crippen MR) is 58.5 cm³/mol. The van der Waals surface area contributed by atoms with Crippen LogP contribution in [0.4, 0.5) is 5.69 Å². The average Bonchev–Trinajstić information content (AvgIpc) is 2.18. The molecule has 1 rings (SSSR count). The van der Waals surface area contributed by atoms with Gasteiger partial charge in [0.15, 0.2) is 5.78 Å². The summed E-state index contributed by atoms with van der Waals surface area (Å²) in [6.07, 6.45) is 0.513. The summed E-state index contributed by atoms with van der Waals surface area (Å²) < 4.78 is 0. The number of hydrogen-bond donors (Lipinski definition) is 2. The third-order valence-corrected chi connectivity index (χ3v) is 2.20. The molecule has 1 aromatic rings. The van der Waals surface area contributed by atoms with E-state index in [0.717, 1.165) is 5.56 Å². The maximum Gasteiger partial charge on any atom is 0.164 e. The Balaban J connectivity index is 2.76. The molecule has 0 heterocycles. The molecule has 0 saturated carbocycles. The first-order valence-corrected chi connectivity index (χ1v) is 4.69. The number of nitrogens with one attached hydrogen (secondary N) is 1. The number of anilines is 1. The standard InChI is InChI=1S/C11H16N2O/c1-8-3-4-9(7-10(8)12)11(14)5-6-13-2/h3-4,7,13H,5-6,12H2,1-2H3. The van der Waals surface area contributed by atoms with Gasteiger partial charge in [0.25, 0.3) is 0 Å². The average molecular weight is 192 g/mol. The van der Waals surface area contributed by atoms with Gasteiger partial charge in [-0.25, -0.2) is 0 Å². The Hall–Kier alpha value is -1.35. The fourth-order valence-electron chi connectivity index (χ4n) is 1.20. The van der Waals surface area contributed by atoms with E-state index < -0.39 is 0 Å². The summed E-state index contributed by atoms with van der Waals surface area (Å²) in [5.74, 6) is 0.131. The second kappa shape index (κ2) is 4.77. The van der Waals surface area contributed by atoms with Gasteiger partial charge in [-0.05, 0) is 25.6 Å². The van der Waals surface area contributed by atoms with Crippen LogP contribution in [0.3, 0.4) is 0 Å². The third-order valence-electron chi connectivity index (χ3n) is 2.20. The van der Waals surface area contributed by atoms with Crippen LogP contribution in [-0.2, 0) is 0 Å². The van der Waals surface area contributed by atoms with Crippen LogP contribution >= 0.6 is 0 Å². The first-order chi connectivity index (χ1) is 6.65. The van der Waals surface area contributed by atoms with Crippen LogP contribution in [0, 0.1) is 6.92 Å². The maximum absolute atomic E-state index is 11.6. The Labute approximate surface area is 84.3 Å². The number of hydrogen-bond acceptors (Lipinski definition) is 3. The summed E-state index contributed by atoms with van der Waals surface area (Å²) in [5, 5.41) is 2.94. The number of carbonyl (C=O) groups is 1. The largest absolute Gasteiger partial charge is 0.398 e. The lowest BCUT2D eigenvalue weighted by Gasteiger charge is -2.04. The Morgan fingerprint density at radius 3 is 2.79 bits per heavy atom. The molecule has 0 aliphatic rings. The van der Waals surface area contributed by atoms with Gasteiger partial charge >= 0.3 is 0 Å². The molecule has 0 fully saturated rings. The van der Waals surface area contributed by atoms with Gasteiger partial charge in [0, 0.05) is 24.2 Å². The van der Waals surface area contributed by atoms with Crippen molar-refractivity contribution in [3.8, 4) is 0 Å². The molecule has 0 aromatic heterocycles. The number of benzene rings is 1. The number of aryl methyl sites for hydroxylation is 1. The molecule has 0 bridgehead atoms. The van der Waals surface area contributed by atoms with E-state index in [1.165, 1.54) is 0 Å². The number of rotatable bonds is 4. The van der Waals surface area contributed by atoms with Crippen LogP contribution in [0.2, 0.25) is 0 Å². The van der Waals surface area contributed by atoms with Crippen molar-refractivity contribution in [2.24, 2.45) is 0 Å². The van der Waals surface area contributed by atoms with Crippen molar-refractivity contribution < 1.29 is 4.79 Å². The Bertz CT molecular complexity index is 334. The molecule has 3 heteroatoms. The van der Waals surface area contributed by atoms with Gasteiger partial charge in [-0.3, -0.25) is 4.79 Å². The van der Waals surface area contributed by atoms with E-state index >= 15 is 0 Å². The zero-order valence-electron chi connectivity index (χ0n) is 8.63. The first-order valence-electron chi connectivity index (χ1n) is 4.69. The van der Waals surface area contributed by atoms with Crippen LogP contribution in [0.5, 0.6) is 0 Å². The molecular formula is C11H16N2O. The molecule has 0 aliphatic heterocycles. The molecule has 0 saturated heterocycles. The maximum atomic E-state index is 11.6. The summed E-state index contributed by atoms with van der Waals surface area (Å²) in [6, 6.07) is 5.44. The Kier molecular flexibility index (Phi) is 3.65. The molecule has 3 N–H and O–H groups in total. The fourth-order valence-corrected chi connectivity index (χ4v) is 1.20. The zero-order valence-corrected chi connectivity index (χ0v) is 8.63. The number of nitrogen functional groups attached to an aromatic ring is 1. The monoisotopic (exact) mass is 192 g/mol. The van der Waals surface area contributed by atoms with Gasteiger partial charge in [-0.2, -0.15) is 0 Å². The molecule has 0 radical (unpaired) electrons. The van der Waals surface area contributed by atoms with Crippen molar-refractivity contribution >= 4 is 11.5 Å². The van der Waals surface area contributed by atoms with E-state index in [2.05, 4.69) is 5.32 Å². The molecular weight excluding hydrogens is 176 g/mol. The van der Waals surface area contributed by atoms with E-state index in [-0.39, 0.29) is 5.78 Å². The minimum absolute atomic E-state index is 0.131. The van der Waals surface area contributed by atoms with Crippen molar-refractivity contribution in [3.63, 3.8) is 0 Å². The van der Waals surface area contributed by atoms with Crippen LogP contribution in [-0.4, -0.2) is 19.4 Å². The number of Topliss-reactive ketones (excluding diaryl/α,β-unsaturated/α-hetero) is 1. The highest BCUT2D eigenvalue weighted by molar-refractivity contribution is 5.97. The second-order valence-electron chi connectivity index (χ2n) is 3.35. The molecule has 0 amide bonds. The molecule has 14 heavy (non-hydrogen) atoms. The fraction of sp³-hybridized carbons (Fsp3) is 0.364. The van der Waals surface area contributed by atoms with Gasteiger partial charge in [0.2, 0.25) is 0 Å². The van der Waals surface area contributed by atoms with Gasteiger partial charge < -0.3 is 11.1 Å². The van der Waals surface area contributed by atoms with Crippen molar-refractivity contribution in [2.45, 2.75) is 13.3 Å².